The summed E-state index contributed by atoms with van der Waals surface area (Å²) in [5.41, 5.74) is 3.86. The molecule has 2 aliphatic rings. The molecular formula is C14H19NO. The molecule has 86 valence electrons. The number of aromatic hydroxyl groups is 1. The average molecular weight is 217 g/mol. The quantitative estimate of drug-likeness (QED) is 0.798. The molecule has 2 unspecified atom stereocenters. The van der Waals surface area contributed by atoms with Gasteiger partial charge in [0.1, 0.15) is 5.75 Å². The second-order valence-corrected chi connectivity index (χ2v) is 5.36. The third-order valence-electron chi connectivity index (χ3n) is 3.93. The SMILES string of the molecule is Cc1ccc(O)c2c1C(C)CC2NC1CC1. The lowest BCUT2D eigenvalue weighted by molar-refractivity contribution is 0.444. The van der Waals surface area contributed by atoms with Crippen LogP contribution in [0.25, 0.3) is 0 Å². The van der Waals surface area contributed by atoms with Crippen molar-refractivity contribution >= 4 is 0 Å². The first-order chi connectivity index (χ1) is 7.66. The summed E-state index contributed by atoms with van der Waals surface area (Å²) in [4.78, 5) is 0. The van der Waals surface area contributed by atoms with Gasteiger partial charge in [-0.2, -0.15) is 0 Å². The summed E-state index contributed by atoms with van der Waals surface area (Å²) < 4.78 is 0. The molecule has 0 amide bonds. The van der Waals surface area contributed by atoms with Gasteiger partial charge in [0.25, 0.3) is 0 Å². The summed E-state index contributed by atoms with van der Waals surface area (Å²) in [7, 11) is 0. The zero-order valence-electron chi connectivity index (χ0n) is 9.96. The van der Waals surface area contributed by atoms with E-state index in [1.165, 1.54) is 29.5 Å². The Kier molecular flexibility index (Phi) is 2.21. The topological polar surface area (TPSA) is 32.3 Å². The largest absolute Gasteiger partial charge is 0.508 e. The Bertz CT molecular complexity index is 423. The van der Waals surface area contributed by atoms with Gasteiger partial charge in [0.15, 0.2) is 0 Å². The molecule has 3 rings (SSSR count). The summed E-state index contributed by atoms with van der Waals surface area (Å²) in [5, 5.41) is 13.7. The number of rotatable bonds is 2. The van der Waals surface area contributed by atoms with E-state index in [0.717, 1.165) is 6.42 Å². The van der Waals surface area contributed by atoms with Crippen LogP contribution >= 0.6 is 0 Å². The standard InChI is InChI=1S/C14H19NO/c1-8-3-6-12(16)14-11(15-10-4-5-10)7-9(2)13(8)14/h3,6,9-11,15-16H,4-5,7H2,1-2H3. The number of aryl methyl sites for hydroxylation is 1. The van der Waals surface area contributed by atoms with Crippen LogP contribution in [0.2, 0.25) is 0 Å². The van der Waals surface area contributed by atoms with Crippen molar-refractivity contribution in [3.05, 3.63) is 28.8 Å². The van der Waals surface area contributed by atoms with Crippen molar-refractivity contribution in [2.24, 2.45) is 0 Å². The first kappa shape index (κ1) is 10.2. The number of hydrogen-bond acceptors (Lipinski definition) is 2. The molecule has 2 nitrogen and oxygen atoms in total. The fraction of sp³-hybridized carbons (Fsp3) is 0.571. The highest BCUT2D eigenvalue weighted by molar-refractivity contribution is 5.51. The van der Waals surface area contributed by atoms with E-state index in [2.05, 4.69) is 19.2 Å². The van der Waals surface area contributed by atoms with Gasteiger partial charge in [-0.15, -0.1) is 0 Å². The third kappa shape index (κ3) is 1.52. The van der Waals surface area contributed by atoms with Gasteiger partial charge in [-0.3, -0.25) is 0 Å². The van der Waals surface area contributed by atoms with Crippen LogP contribution in [0.1, 0.15) is 54.8 Å². The Morgan fingerprint density at radius 3 is 2.69 bits per heavy atom. The van der Waals surface area contributed by atoms with E-state index in [1.807, 2.05) is 12.1 Å². The Labute approximate surface area is 96.7 Å². The van der Waals surface area contributed by atoms with Gasteiger partial charge in [-0.05, 0) is 49.3 Å². The second-order valence-electron chi connectivity index (χ2n) is 5.36. The van der Waals surface area contributed by atoms with Gasteiger partial charge in [0.05, 0.1) is 0 Å². The minimum atomic E-state index is 0.373. The van der Waals surface area contributed by atoms with Gasteiger partial charge in [0, 0.05) is 17.6 Å². The molecule has 1 saturated carbocycles. The number of phenolic OH excluding ortho intramolecular Hbond substituents is 1. The number of fused-ring (bicyclic) bond motifs is 1. The molecule has 2 aliphatic carbocycles. The van der Waals surface area contributed by atoms with Crippen LogP contribution in [-0.4, -0.2) is 11.1 Å². The van der Waals surface area contributed by atoms with Gasteiger partial charge >= 0.3 is 0 Å². The van der Waals surface area contributed by atoms with Crippen LogP contribution < -0.4 is 5.32 Å². The van der Waals surface area contributed by atoms with E-state index in [0.29, 0.717) is 23.8 Å². The number of phenols is 1. The average Bonchev–Trinajstić information content (AvgIpc) is 2.97. The molecule has 0 heterocycles. The molecule has 2 heteroatoms. The van der Waals surface area contributed by atoms with E-state index in [-0.39, 0.29) is 0 Å². The molecule has 1 aromatic rings. The first-order valence-corrected chi connectivity index (χ1v) is 6.25. The zero-order valence-corrected chi connectivity index (χ0v) is 9.96. The van der Waals surface area contributed by atoms with Crippen LogP contribution in [0.3, 0.4) is 0 Å². The summed E-state index contributed by atoms with van der Waals surface area (Å²) in [6.07, 6.45) is 3.73. The summed E-state index contributed by atoms with van der Waals surface area (Å²) in [6, 6.07) is 4.94. The second kappa shape index (κ2) is 3.49. The van der Waals surface area contributed by atoms with E-state index in [4.69, 9.17) is 0 Å². The molecule has 0 aromatic heterocycles. The maximum atomic E-state index is 10.0. The van der Waals surface area contributed by atoms with Crippen molar-refractivity contribution in [3.63, 3.8) is 0 Å². The van der Waals surface area contributed by atoms with Gasteiger partial charge in [0.2, 0.25) is 0 Å². The Hall–Kier alpha value is -1.02. The molecule has 16 heavy (non-hydrogen) atoms. The fourth-order valence-electron chi connectivity index (χ4n) is 3.03. The van der Waals surface area contributed by atoms with E-state index in [1.54, 1.807) is 0 Å². The van der Waals surface area contributed by atoms with Crippen LogP contribution in [0.4, 0.5) is 0 Å². The highest BCUT2D eigenvalue weighted by Crippen LogP contribution is 2.46. The lowest BCUT2D eigenvalue weighted by atomic mass is 9.97. The normalized spacial score (nSPS) is 28.1. The smallest absolute Gasteiger partial charge is 0.120 e. The molecule has 1 aromatic carbocycles. The highest BCUT2D eigenvalue weighted by Gasteiger charge is 2.35. The number of hydrogen-bond donors (Lipinski definition) is 2. The predicted octanol–water partition coefficient (Wildman–Crippen LogP) is 3.00. The van der Waals surface area contributed by atoms with Gasteiger partial charge in [-0.25, -0.2) is 0 Å². The Morgan fingerprint density at radius 1 is 1.25 bits per heavy atom. The molecule has 0 bridgehead atoms. The Balaban J connectivity index is 2.01. The van der Waals surface area contributed by atoms with Crippen molar-refractivity contribution in [2.75, 3.05) is 0 Å². The predicted molar refractivity (Wildman–Crippen MR) is 64.8 cm³/mol. The van der Waals surface area contributed by atoms with Crippen molar-refractivity contribution in [2.45, 2.75) is 51.1 Å². The molecule has 0 radical (unpaired) electrons. The Morgan fingerprint density at radius 2 is 2.00 bits per heavy atom. The van der Waals surface area contributed by atoms with Crippen LogP contribution in [0, 0.1) is 6.92 Å². The summed E-state index contributed by atoms with van der Waals surface area (Å²) in [6.45, 7) is 4.41. The van der Waals surface area contributed by atoms with Crippen molar-refractivity contribution in [1.29, 1.82) is 0 Å². The molecule has 2 atom stereocenters. The maximum absolute atomic E-state index is 10.0. The highest BCUT2D eigenvalue weighted by atomic mass is 16.3. The lowest BCUT2D eigenvalue weighted by Gasteiger charge is -2.15. The molecule has 0 aliphatic heterocycles. The summed E-state index contributed by atoms with van der Waals surface area (Å²) >= 11 is 0. The lowest BCUT2D eigenvalue weighted by Crippen LogP contribution is -2.21. The van der Waals surface area contributed by atoms with Crippen LogP contribution in [0.15, 0.2) is 12.1 Å². The minimum absolute atomic E-state index is 0.373. The number of nitrogens with one attached hydrogen (secondary N) is 1. The molecule has 0 saturated heterocycles. The maximum Gasteiger partial charge on any atom is 0.120 e. The van der Waals surface area contributed by atoms with Crippen molar-refractivity contribution in [1.82, 2.24) is 5.32 Å². The van der Waals surface area contributed by atoms with Crippen LogP contribution in [0.5, 0.6) is 5.75 Å². The minimum Gasteiger partial charge on any atom is -0.508 e. The molecule has 2 N–H and O–H groups in total. The molecule has 0 spiro atoms. The van der Waals surface area contributed by atoms with E-state index < -0.39 is 0 Å². The summed E-state index contributed by atoms with van der Waals surface area (Å²) in [5.74, 6) is 1.04. The zero-order chi connectivity index (χ0) is 11.3. The third-order valence-corrected chi connectivity index (χ3v) is 3.93. The van der Waals surface area contributed by atoms with Crippen molar-refractivity contribution in [3.8, 4) is 5.75 Å². The van der Waals surface area contributed by atoms with E-state index >= 15 is 0 Å². The number of benzene rings is 1. The van der Waals surface area contributed by atoms with Crippen LogP contribution in [-0.2, 0) is 0 Å². The van der Waals surface area contributed by atoms with Gasteiger partial charge < -0.3 is 10.4 Å². The first-order valence-electron chi connectivity index (χ1n) is 6.25. The van der Waals surface area contributed by atoms with Gasteiger partial charge in [-0.1, -0.05) is 13.0 Å². The van der Waals surface area contributed by atoms with Crippen molar-refractivity contribution < 1.29 is 5.11 Å². The molecule has 1 fully saturated rings. The fourth-order valence-corrected chi connectivity index (χ4v) is 3.03. The van der Waals surface area contributed by atoms with E-state index in [9.17, 15) is 5.11 Å². The monoisotopic (exact) mass is 217 g/mol. The molecular weight excluding hydrogens is 198 g/mol.